The first-order chi connectivity index (χ1) is 7.41. The van der Waals surface area contributed by atoms with Crippen LogP contribution in [0.5, 0.6) is 0 Å². The number of allylic oxidation sites excluding steroid dienone is 1. The number of hydrogen-bond acceptors (Lipinski definition) is 4. The summed E-state index contributed by atoms with van der Waals surface area (Å²) < 4.78 is 79.5. The van der Waals surface area contributed by atoms with Crippen molar-refractivity contribution in [3.05, 3.63) is 24.8 Å². The van der Waals surface area contributed by atoms with E-state index in [1.54, 1.807) is 0 Å². The highest BCUT2D eigenvalue weighted by Crippen LogP contribution is 2.22. The fourth-order valence-electron chi connectivity index (χ4n) is 0.776. The van der Waals surface area contributed by atoms with Crippen LogP contribution in [-0.4, -0.2) is 28.1 Å². The second-order valence-corrected chi connectivity index (χ2v) is 6.69. The van der Waals surface area contributed by atoms with Crippen LogP contribution in [-0.2, 0) is 20.0 Å². The average molecular weight is 293 g/mol. The molecule has 0 rings (SSSR count). The molecule has 0 unspecified atom stereocenters. The van der Waals surface area contributed by atoms with Crippen LogP contribution in [0.1, 0.15) is 6.42 Å². The maximum absolute atomic E-state index is 11.9. The highest BCUT2D eigenvalue weighted by atomic mass is 32.3. The third-order valence-electron chi connectivity index (χ3n) is 1.37. The van der Waals surface area contributed by atoms with Gasteiger partial charge in [0.1, 0.15) is 0 Å². The lowest BCUT2D eigenvalue weighted by Crippen LogP contribution is -2.41. The fraction of sp³-hybridized carbons (Fsp3) is 0.429. The van der Waals surface area contributed by atoms with Gasteiger partial charge in [0, 0.05) is 0 Å². The summed E-state index contributed by atoms with van der Waals surface area (Å²) in [6.45, 7) is 6.53. The first-order valence-corrected chi connectivity index (χ1v) is 7.15. The Hall–Kier alpha value is -0.870. The summed E-state index contributed by atoms with van der Waals surface area (Å²) in [5.74, 6) is -0.922. The lowest BCUT2D eigenvalue weighted by atomic mass is 10.2. The predicted molar refractivity (Wildman–Crippen MR) is 55.9 cm³/mol. The topological polar surface area (TPSA) is 80.3 Å². The molecule has 0 saturated heterocycles. The van der Waals surface area contributed by atoms with Crippen LogP contribution in [0, 0.1) is 0 Å². The van der Waals surface area contributed by atoms with Gasteiger partial charge in [0.2, 0.25) is 10.0 Å². The lowest BCUT2D eigenvalue weighted by Gasteiger charge is -2.10. The molecule has 0 fully saturated rings. The smallest absolute Gasteiger partial charge is 0.211 e. The monoisotopic (exact) mass is 293 g/mol. The van der Waals surface area contributed by atoms with E-state index >= 15 is 0 Å². The van der Waals surface area contributed by atoms with Gasteiger partial charge in [-0.2, -0.15) is 13.2 Å². The van der Waals surface area contributed by atoms with Crippen LogP contribution in [0.25, 0.3) is 0 Å². The van der Waals surface area contributed by atoms with Gasteiger partial charge in [0.25, 0.3) is 0 Å². The van der Waals surface area contributed by atoms with Crippen LogP contribution < -0.4 is 4.13 Å². The molecule has 1 N–H and O–H groups in total. The first kappa shape index (κ1) is 16.1. The number of alkyl halides is 3. The molecule has 0 aromatic carbocycles. The average Bonchev–Trinajstić information content (AvgIpc) is 1.97. The van der Waals surface area contributed by atoms with Crippen LogP contribution in [0.2, 0.25) is 0 Å². The van der Waals surface area contributed by atoms with Gasteiger partial charge in [-0.15, -0.1) is 10.7 Å². The molecule has 0 bridgehead atoms. The van der Waals surface area contributed by atoms with Gasteiger partial charge in [0.05, 0.1) is 5.75 Å². The molecule has 0 saturated carbocycles. The first-order valence-electron chi connectivity index (χ1n) is 4.01. The second kappa shape index (κ2) is 5.19. The van der Waals surface area contributed by atoms with E-state index in [9.17, 15) is 30.0 Å². The number of nitrogens with one attached hydrogen (secondary N) is 1. The molecule has 0 heterocycles. The Labute approximate surface area is 97.1 Å². The summed E-state index contributed by atoms with van der Waals surface area (Å²) in [6.07, 6.45) is 1.34. The van der Waals surface area contributed by atoms with Gasteiger partial charge in [-0.05, 0) is 6.42 Å². The van der Waals surface area contributed by atoms with Crippen molar-refractivity contribution < 1.29 is 30.0 Å². The summed E-state index contributed by atoms with van der Waals surface area (Å²) in [5.41, 5.74) is -5.66. The van der Waals surface area contributed by atoms with E-state index in [4.69, 9.17) is 0 Å². The zero-order chi connectivity index (χ0) is 13.9. The molecule has 0 aliphatic rings. The Morgan fingerprint density at radius 1 is 1.24 bits per heavy atom. The molecule has 100 valence electrons. The summed E-state index contributed by atoms with van der Waals surface area (Å²) in [4.78, 5) is 0. The molecule has 0 spiro atoms. The molecule has 0 atom stereocenters. The molecule has 17 heavy (non-hydrogen) atoms. The fourth-order valence-corrected chi connectivity index (χ4v) is 3.38. The summed E-state index contributed by atoms with van der Waals surface area (Å²) in [7, 11) is -10.6. The number of halogens is 3. The molecule has 10 heteroatoms. The normalized spacial score (nSPS) is 13.4. The minimum Gasteiger partial charge on any atom is -0.211 e. The van der Waals surface area contributed by atoms with E-state index in [-0.39, 0.29) is 12.0 Å². The van der Waals surface area contributed by atoms with Crippen LogP contribution in [0.3, 0.4) is 0 Å². The van der Waals surface area contributed by atoms with Crippen molar-refractivity contribution in [2.45, 2.75) is 11.9 Å². The third kappa shape index (κ3) is 5.33. The Morgan fingerprint density at radius 3 is 2.06 bits per heavy atom. The maximum atomic E-state index is 11.9. The standard InChI is InChI=1S/C7H10F3NO4S2/c1-3-4-6(2)5-16(12,13)11-17(14,15)7(8,9)10/h3,11H,1-2,4-5H2. The summed E-state index contributed by atoms with van der Waals surface area (Å²) in [5, 5.41) is 0. The Kier molecular flexibility index (Phi) is 4.92. The Morgan fingerprint density at radius 2 is 1.71 bits per heavy atom. The van der Waals surface area contributed by atoms with Crippen LogP contribution >= 0.6 is 0 Å². The summed E-state index contributed by atoms with van der Waals surface area (Å²) >= 11 is 0. The van der Waals surface area contributed by atoms with Crippen molar-refractivity contribution in [3.8, 4) is 0 Å². The number of sulfonamides is 2. The number of hydrogen-bond donors (Lipinski definition) is 1. The van der Waals surface area contributed by atoms with Crippen molar-refractivity contribution in [1.82, 2.24) is 4.13 Å². The zero-order valence-corrected chi connectivity index (χ0v) is 10.1. The maximum Gasteiger partial charge on any atom is 0.512 e. The largest absolute Gasteiger partial charge is 0.512 e. The molecule has 0 aliphatic carbocycles. The molecule has 0 aromatic heterocycles. The van der Waals surface area contributed by atoms with Crippen molar-refractivity contribution in [3.63, 3.8) is 0 Å². The van der Waals surface area contributed by atoms with Crippen LogP contribution in [0.15, 0.2) is 24.8 Å². The number of rotatable bonds is 6. The van der Waals surface area contributed by atoms with Gasteiger partial charge in [0.15, 0.2) is 0 Å². The van der Waals surface area contributed by atoms with Crippen molar-refractivity contribution in [2.24, 2.45) is 0 Å². The molecule has 0 amide bonds. The van der Waals surface area contributed by atoms with Crippen LogP contribution in [0.4, 0.5) is 13.2 Å². The zero-order valence-electron chi connectivity index (χ0n) is 8.49. The van der Waals surface area contributed by atoms with Gasteiger partial charge < -0.3 is 0 Å². The minimum absolute atomic E-state index is 0.0184. The quantitative estimate of drug-likeness (QED) is 0.737. The van der Waals surface area contributed by atoms with E-state index in [0.717, 1.165) is 0 Å². The van der Waals surface area contributed by atoms with E-state index in [2.05, 4.69) is 13.2 Å². The minimum atomic E-state index is -5.92. The van der Waals surface area contributed by atoms with Crippen molar-refractivity contribution in [2.75, 3.05) is 5.75 Å². The Balaban J connectivity index is 4.92. The van der Waals surface area contributed by atoms with Crippen molar-refractivity contribution >= 4 is 20.0 Å². The summed E-state index contributed by atoms with van der Waals surface area (Å²) in [6, 6.07) is 0. The lowest BCUT2D eigenvalue weighted by molar-refractivity contribution is -0.0441. The van der Waals surface area contributed by atoms with E-state index in [1.165, 1.54) is 6.08 Å². The molecular weight excluding hydrogens is 283 g/mol. The van der Waals surface area contributed by atoms with E-state index in [0.29, 0.717) is 4.13 Å². The molecule has 0 aliphatic heterocycles. The highest BCUT2D eigenvalue weighted by Gasteiger charge is 2.48. The second-order valence-electron chi connectivity index (χ2n) is 3.03. The van der Waals surface area contributed by atoms with Gasteiger partial charge >= 0.3 is 15.5 Å². The molecular formula is C7H10F3NO4S2. The van der Waals surface area contributed by atoms with Gasteiger partial charge in [-0.3, -0.25) is 0 Å². The SMILES string of the molecule is C=CCC(=C)CS(=O)(=O)NS(=O)(=O)C(F)(F)F. The Bertz CT molecular complexity index is 504. The highest BCUT2D eigenvalue weighted by molar-refractivity contribution is 8.05. The molecule has 0 radical (unpaired) electrons. The van der Waals surface area contributed by atoms with Crippen molar-refractivity contribution in [1.29, 1.82) is 0 Å². The molecule has 0 aromatic rings. The third-order valence-corrected chi connectivity index (χ3v) is 4.66. The molecule has 5 nitrogen and oxygen atoms in total. The van der Waals surface area contributed by atoms with Gasteiger partial charge in [-0.1, -0.05) is 18.2 Å². The van der Waals surface area contributed by atoms with E-state index in [1.807, 2.05) is 0 Å². The van der Waals surface area contributed by atoms with Gasteiger partial charge in [-0.25, -0.2) is 16.8 Å². The predicted octanol–water partition coefficient (Wildman–Crippen LogP) is 0.888. The van der Waals surface area contributed by atoms with E-state index < -0.39 is 31.3 Å².